The first-order chi connectivity index (χ1) is 13.5. The summed E-state index contributed by atoms with van der Waals surface area (Å²) < 4.78 is 29.8. The van der Waals surface area contributed by atoms with Gasteiger partial charge in [0.1, 0.15) is 5.75 Å². The number of hydrogen-bond donors (Lipinski definition) is 2. The van der Waals surface area contributed by atoms with E-state index in [1.807, 2.05) is 49.4 Å². The van der Waals surface area contributed by atoms with Crippen molar-refractivity contribution in [3.63, 3.8) is 0 Å². The van der Waals surface area contributed by atoms with E-state index >= 15 is 0 Å². The summed E-state index contributed by atoms with van der Waals surface area (Å²) in [6, 6.07) is 19.8. The number of hydrazine groups is 1. The number of sulfonamides is 1. The number of hydrogen-bond acceptors (Lipinski definition) is 5. The van der Waals surface area contributed by atoms with Crippen molar-refractivity contribution in [1.29, 1.82) is 0 Å². The van der Waals surface area contributed by atoms with E-state index in [1.54, 1.807) is 12.1 Å². The summed E-state index contributed by atoms with van der Waals surface area (Å²) in [6.45, 7) is 2.34. The number of fused-ring (bicyclic) bond motifs is 1. The summed E-state index contributed by atoms with van der Waals surface area (Å²) in [5.41, 5.74) is 2.24. The fourth-order valence-corrected chi connectivity index (χ4v) is 4.11. The molecule has 3 aromatic carbocycles. The second-order valence-corrected chi connectivity index (χ2v) is 8.59. The fourth-order valence-electron chi connectivity index (χ4n) is 2.51. The Morgan fingerprint density at radius 2 is 1.71 bits per heavy atom. The molecule has 6 nitrogen and oxygen atoms in total. The molecule has 0 unspecified atom stereocenters. The summed E-state index contributed by atoms with van der Waals surface area (Å²) in [4.78, 5) is 15.1. The maximum atomic E-state index is 12.3. The average Bonchev–Trinajstić information content (AvgIpc) is 2.71. The van der Waals surface area contributed by atoms with Crippen molar-refractivity contribution in [2.24, 2.45) is 0 Å². The zero-order chi connectivity index (χ0) is 20.0. The molecule has 0 saturated carbocycles. The van der Waals surface area contributed by atoms with Gasteiger partial charge in [-0.05, 0) is 54.1 Å². The number of ether oxygens (including phenoxy) is 1. The van der Waals surface area contributed by atoms with E-state index in [0.717, 1.165) is 15.7 Å². The first-order valence-corrected chi connectivity index (χ1v) is 11.1. The molecule has 3 aromatic rings. The molecule has 28 heavy (non-hydrogen) atoms. The number of benzene rings is 3. The molecule has 3 rings (SSSR count). The van der Waals surface area contributed by atoms with Gasteiger partial charge in [0.25, 0.3) is 10.0 Å². The van der Waals surface area contributed by atoms with E-state index in [1.165, 1.54) is 23.9 Å². The van der Waals surface area contributed by atoms with Crippen molar-refractivity contribution in [1.82, 2.24) is 10.3 Å². The number of rotatable bonds is 8. The van der Waals surface area contributed by atoms with Crippen molar-refractivity contribution in [3.05, 3.63) is 66.7 Å². The number of nitrogens with one attached hydrogen (secondary N) is 2. The summed E-state index contributed by atoms with van der Waals surface area (Å²) in [5, 5.41) is 2.21. The van der Waals surface area contributed by atoms with Crippen LogP contribution in [0.5, 0.6) is 5.75 Å². The molecule has 0 saturated heterocycles. The zero-order valence-electron chi connectivity index (χ0n) is 15.2. The lowest BCUT2D eigenvalue weighted by Gasteiger charge is -2.09. The lowest BCUT2D eigenvalue weighted by molar-refractivity contribution is -0.119. The Hall–Kier alpha value is -2.55. The van der Waals surface area contributed by atoms with Crippen LogP contribution < -0.4 is 15.0 Å². The predicted molar refractivity (Wildman–Crippen MR) is 111 cm³/mol. The van der Waals surface area contributed by atoms with Gasteiger partial charge in [-0.2, -0.15) is 0 Å². The zero-order valence-corrected chi connectivity index (χ0v) is 16.8. The molecule has 0 bridgehead atoms. The van der Waals surface area contributed by atoms with Crippen LogP contribution in [0.4, 0.5) is 0 Å². The molecular formula is C20H20N2O4S2. The van der Waals surface area contributed by atoms with E-state index in [9.17, 15) is 13.2 Å². The number of carbonyl (C=O) groups is 1. The highest BCUT2D eigenvalue weighted by molar-refractivity contribution is 8.00. The SMILES string of the molecule is CCOc1ccc(S(=O)(=O)NNC(=O)CSc2ccc3ccccc3c2)cc1. The first kappa shape index (κ1) is 20.2. The van der Waals surface area contributed by atoms with Gasteiger partial charge in [-0.3, -0.25) is 10.2 Å². The molecule has 0 aliphatic heterocycles. The van der Waals surface area contributed by atoms with E-state index in [-0.39, 0.29) is 10.6 Å². The topological polar surface area (TPSA) is 84.5 Å². The Bertz CT molecular complexity index is 1070. The van der Waals surface area contributed by atoms with E-state index in [0.29, 0.717) is 12.4 Å². The van der Waals surface area contributed by atoms with Crippen LogP contribution >= 0.6 is 11.8 Å². The molecular weight excluding hydrogens is 396 g/mol. The summed E-state index contributed by atoms with van der Waals surface area (Å²) in [6.07, 6.45) is 0. The summed E-state index contributed by atoms with van der Waals surface area (Å²) >= 11 is 1.33. The lowest BCUT2D eigenvalue weighted by atomic mass is 10.1. The fraction of sp³-hybridized carbons (Fsp3) is 0.150. The molecule has 0 heterocycles. The van der Waals surface area contributed by atoms with Gasteiger partial charge >= 0.3 is 0 Å². The van der Waals surface area contributed by atoms with E-state index < -0.39 is 15.9 Å². The molecule has 0 aliphatic carbocycles. The van der Waals surface area contributed by atoms with Crippen LogP contribution in [0.1, 0.15) is 6.92 Å². The lowest BCUT2D eigenvalue weighted by Crippen LogP contribution is -2.42. The van der Waals surface area contributed by atoms with Gasteiger partial charge in [-0.1, -0.05) is 30.3 Å². The van der Waals surface area contributed by atoms with Gasteiger partial charge in [0.15, 0.2) is 0 Å². The molecule has 0 atom stereocenters. The minimum Gasteiger partial charge on any atom is -0.494 e. The third kappa shape index (κ3) is 5.25. The van der Waals surface area contributed by atoms with Crippen LogP contribution in [0.15, 0.2) is 76.5 Å². The minimum absolute atomic E-state index is 0.0402. The molecule has 0 aromatic heterocycles. The minimum atomic E-state index is -3.85. The standard InChI is InChI=1S/C20H20N2O4S2/c1-2-26-17-8-11-19(12-9-17)28(24,25)22-21-20(23)14-27-18-10-7-15-5-3-4-6-16(15)13-18/h3-13,22H,2,14H2,1H3,(H,21,23). The summed E-state index contributed by atoms with van der Waals surface area (Å²) in [7, 11) is -3.85. The van der Waals surface area contributed by atoms with Crippen molar-refractivity contribution >= 4 is 38.5 Å². The van der Waals surface area contributed by atoms with Crippen molar-refractivity contribution in [2.75, 3.05) is 12.4 Å². The van der Waals surface area contributed by atoms with Crippen LogP contribution in [-0.2, 0) is 14.8 Å². The Balaban J connectivity index is 1.53. The highest BCUT2D eigenvalue weighted by atomic mass is 32.2. The number of amides is 1. The molecule has 2 N–H and O–H groups in total. The van der Waals surface area contributed by atoms with Gasteiger partial charge < -0.3 is 4.74 Å². The van der Waals surface area contributed by atoms with Gasteiger partial charge in [0, 0.05) is 4.90 Å². The van der Waals surface area contributed by atoms with Gasteiger partial charge in [0.2, 0.25) is 5.91 Å². The monoisotopic (exact) mass is 416 g/mol. The Morgan fingerprint density at radius 3 is 2.43 bits per heavy atom. The molecule has 146 valence electrons. The van der Waals surface area contributed by atoms with Crippen LogP contribution in [0.25, 0.3) is 10.8 Å². The molecule has 0 spiro atoms. The smallest absolute Gasteiger partial charge is 0.257 e. The Labute approximate surface area is 168 Å². The highest BCUT2D eigenvalue weighted by Gasteiger charge is 2.15. The van der Waals surface area contributed by atoms with Gasteiger partial charge in [-0.25, -0.2) is 8.42 Å². The Morgan fingerprint density at radius 1 is 1.00 bits per heavy atom. The number of carbonyl (C=O) groups excluding carboxylic acids is 1. The van der Waals surface area contributed by atoms with Crippen LogP contribution in [0.2, 0.25) is 0 Å². The van der Waals surface area contributed by atoms with Gasteiger partial charge in [-0.15, -0.1) is 16.6 Å². The van der Waals surface area contributed by atoms with Crippen molar-refractivity contribution < 1.29 is 17.9 Å². The van der Waals surface area contributed by atoms with Gasteiger partial charge in [0.05, 0.1) is 17.3 Å². The molecule has 1 amide bonds. The normalized spacial score (nSPS) is 11.3. The second-order valence-electron chi connectivity index (χ2n) is 5.86. The van der Waals surface area contributed by atoms with E-state index in [2.05, 4.69) is 10.3 Å². The largest absolute Gasteiger partial charge is 0.494 e. The third-order valence-corrected chi connectivity index (χ3v) is 6.12. The van der Waals surface area contributed by atoms with E-state index in [4.69, 9.17) is 4.74 Å². The molecule has 0 fully saturated rings. The molecule has 8 heteroatoms. The summed E-state index contributed by atoms with van der Waals surface area (Å²) in [5.74, 6) is 0.231. The molecule has 0 aliphatic rings. The average molecular weight is 417 g/mol. The second kappa shape index (κ2) is 9.09. The van der Waals surface area contributed by atoms with Crippen molar-refractivity contribution in [3.8, 4) is 5.75 Å². The van der Waals surface area contributed by atoms with Crippen molar-refractivity contribution in [2.45, 2.75) is 16.7 Å². The highest BCUT2D eigenvalue weighted by Crippen LogP contribution is 2.23. The third-order valence-electron chi connectivity index (χ3n) is 3.86. The molecule has 0 radical (unpaired) electrons. The maximum absolute atomic E-state index is 12.3. The van der Waals surface area contributed by atoms with Crippen LogP contribution in [0.3, 0.4) is 0 Å². The first-order valence-electron chi connectivity index (χ1n) is 8.63. The predicted octanol–water partition coefficient (Wildman–Crippen LogP) is 3.34. The Kier molecular flexibility index (Phi) is 6.56. The maximum Gasteiger partial charge on any atom is 0.257 e. The van der Waals surface area contributed by atoms with Crippen LogP contribution in [0, 0.1) is 0 Å². The number of thioether (sulfide) groups is 1. The van der Waals surface area contributed by atoms with Crippen LogP contribution in [-0.4, -0.2) is 26.7 Å². The quantitative estimate of drug-likeness (QED) is 0.435.